The van der Waals surface area contributed by atoms with Crippen molar-refractivity contribution in [3.63, 3.8) is 0 Å². The van der Waals surface area contributed by atoms with Crippen molar-refractivity contribution in [2.45, 2.75) is 54.3 Å². The molecule has 0 radical (unpaired) electrons. The largest absolute Gasteiger partial charge is 0.347 e. The number of rotatable bonds is 8. The van der Waals surface area contributed by atoms with Gasteiger partial charge < -0.3 is 14.3 Å². The lowest BCUT2D eigenvalue weighted by Crippen LogP contribution is -2.58. The van der Waals surface area contributed by atoms with Gasteiger partial charge >= 0.3 is 0 Å². The third kappa shape index (κ3) is 5.06. The fourth-order valence-corrected chi connectivity index (χ4v) is 5.77. The molecule has 0 N–H and O–H groups in total. The van der Waals surface area contributed by atoms with Gasteiger partial charge in [-0.1, -0.05) is 35.4 Å². The van der Waals surface area contributed by atoms with Crippen molar-refractivity contribution in [2.24, 2.45) is 0 Å². The molecule has 12 nitrogen and oxygen atoms in total. The van der Waals surface area contributed by atoms with Gasteiger partial charge in [0.25, 0.3) is 25.3 Å². The van der Waals surface area contributed by atoms with Crippen LogP contribution in [0.15, 0.2) is 58.3 Å². The van der Waals surface area contributed by atoms with Gasteiger partial charge in [-0.05, 0) is 38.1 Å². The third-order valence-corrected chi connectivity index (χ3v) is 7.97. The lowest BCUT2D eigenvalue weighted by Gasteiger charge is -2.37. The van der Waals surface area contributed by atoms with E-state index in [4.69, 9.17) is 17.8 Å². The molecule has 2 heterocycles. The smallest absolute Gasteiger partial charge is 0.297 e. The topological polar surface area (TPSA) is 158 Å². The quantitative estimate of drug-likeness (QED) is 0.285. The van der Waals surface area contributed by atoms with Crippen molar-refractivity contribution in [1.29, 1.82) is 0 Å². The first-order valence-electron chi connectivity index (χ1n) is 10.0. The molecule has 0 saturated carbocycles. The average molecular weight is 516 g/mol. The molecule has 2 aromatic rings. The number of fused-ring (bicyclic) bond motifs is 2. The van der Waals surface area contributed by atoms with Gasteiger partial charge in [0.2, 0.25) is 0 Å². The van der Waals surface area contributed by atoms with Crippen LogP contribution < -0.4 is 0 Å². The molecule has 0 aromatic heterocycles. The SMILES string of the molecule is Cc1ccc(S(=O)(=O)O[C@H]2[C@@H]3OC[C@@H](O3)[C@@H](OS(=O)(=O)c3ccc(C)cc3)[C@@H]2O[N+](=O)[O-])cc1. The summed E-state index contributed by atoms with van der Waals surface area (Å²) in [5, 5.41) is 10.0. The Balaban J connectivity index is 1.66. The van der Waals surface area contributed by atoms with Crippen LogP contribution in [0.5, 0.6) is 0 Å². The van der Waals surface area contributed by atoms with E-state index in [1.165, 1.54) is 24.3 Å². The molecule has 34 heavy (non-hydrogen) atoms. The van der Waals surface area contributed by atoms with E-state index in [1.54, 1.807) is 38.1 Å². The van der Waals surface area contributed by atoms with E-state index in [0.29, 0.717) is 0 Å². The highest BCUT2D eigenvalue weighted by Crippen LogP contribution is 2.36. The number of hydrogen-bond acceptors (Lipinski definition) is 11. The molecule has 2 aromatic carbocycles. The summed E-state index contributed by atoms with van der Waals surface area (Å²) in [6.45, 7) is 3.30. The minimum Gasteiger partial charge on any atom is -0.347 e. The predicted molar refractivity (Wildman–Crippen MR) is 113 cm³/mol. The number of hydrogen-bond donors (Lipinski definition) is 0. The highest BCUT2D eigenvalue weighted by Gasteiger charge is 2.57. The summed E-state index contributed by atoms with van der Waals surface area (Å²) in [7, 11) is -8.90. The number of benzene rings is 2. The molecule has 0 unspecified atom stereocenters. The molecule has 0 aliphatic carbocycles. The summed E-state index contributed by atoms with van der Waals surface area (Å²) < 4.78 is 72.8. The van der Waals surface area contributed by atoms with Gasteiger partial charge in [-0.15, -0.1) is 10.1 Å². The lowest BCUT2D eigenvalue weighted by molar-refractivity contribution is -0.774. The Morgan fingerprint density at radius 1 is 0.824 bits per heavy atom. The first-order chi connectivity index (χ1) is 16.0. The number of nitrogens with zero attached hydrogens (tertiary/aromatic N) is 1. The Bertz CT molecular complexity index is 1170. The van der Waals surface area contributed by atoms with E-state index in [0.717, 1.165) is 11.1 Å². The van der Waals surface area contributed by atoms with Crippen molar-refractivity contribution < 1.29 is 44.6 Å². The minimum atomic E-state index is -4.46. The molecule has 2 bridgehead atoms. The molecular formula is C20H21NO11S2. The molecule has 0 amide bonds. The van der Waals surface area contributed by atoms with Crippen LogP contribution in [0.4, 0.5) is 0 Å². The van der Waals surface area contributed by atoms with E-state index in [-0.39, 0.29) is 16.4 Å². The molecule has 2 saturated heterocycles. The van der Waals surface area contributed by atoms with Crippen LogP contribution in [0.1, 0.15) is 11.1 Å². The van der Waals surface area contributed by atoms with Crippen LogP contribution in [0, 0.1) is 24.0 Å². The van der Waals surface area contributed by atoms with E-state index >= 15 is 0 Å². The Morgan fingerprint density at radius 3 is 1.76 bits per heavy atom. The Labute approximate surface area is 195 Å². The molecule has 0 spiro atoms. The Hall–Kier alpha value is -2.62. The Kier molecular flexibility index (Phi) is 6.63. The van der Waals surface area contributed by atoms with Crippen LogP contribution in [0.3, 0.4) is 0 Å². The highest BCUT2D eigenvalue weighted by molar-refractivity contribution is 7.87. The maximum absolute atomic E-state index is 12.9. The highest BCUT2D eigenvalue weighted by atomic mass is 32.2. The fourth-order valence-electron chi connectivity index (χ4n) is 3.59. The van der Waals surface area contributed by atoms with Gasteiger partial charge in [0.05, 0.1) is 16.4 Å². The fraction of sp³-hybridized carbons (Fsp3) is 0.400. The molecule has 2 aliphatic rings. The Morgan fingerprint density at radius 2 is 1.29 bits per heavy atom. The summed E-state index contributed by atoms with van der Waals surface area (Å²) in [6.07, 6.45) is -7.60. The second kappa shape index (κ2) is 9.20. The minimum absolute atomic E-state index is 0.205. The predicted octanol–water partition coefficient (Wildman–Crippen LogP) is 1.48. The normalized spacial score (nSPS) is 26.8. The van der Waals surface area contributed by atoms with Gasteiger partial charge in [0, 0.05) is 0 Å². The van der Waals surface area contributed by atoms with Crippen molar-refractivity contribution in [1.82, 2.24) is 0 Å². The zero-order valence-corrected chi connectivity index (χ0v) is 19.6. The van der Waals surface area contributed by atoms with Crippen LogP contribution in [-0.2, 0) is 42.9 Å². The molecule has 14 heteroatoms. The van der Waals surface area contributed by atoms with Gasteiger partial charge in [-0.2, -0.15) is 16.8 Å². The van der Waals surface area contributed by atoms with Crippen LogP contribution in [-0.4, -0.2) is 59.2 Å². The zero-order chi connectivity index (χ0) is 24.7. The molecule has 2 aliphatic heterocycles. The van der Waals surface area contributed by atoms with E-state index < -0.39 is 56.0 Å². The van der Waals surface area contributed by atoms with Gasteiger partial charge in [0.15, 0.2) is 18.5 Å². The van der Waals surface area contributed by atoms with E-state index in [1.807, 2.05) is 0 Å². The summed E-state index contributed by atoms with van der Waals surface area (Å²) in [5.74, 6) is 0. The third-order valence-electron chi connectivity index (χ3n) is 5.32. The van der Waals surface area contributed by atoms with Gasteiger partial charge in [0.1, 0.15) is 12.2 Å². The zero-order valence-electron chi connectivity index (χ0n) is 18.0. The first-order valence-corrected chi connectivity index (χ1v) is 12.9. The van der Waals surface area contributed by atoms with E-state index in [9.17, 15) is 26.9 Å². The van der Waals surface area contributed by atoms with Crippen molar-refractivity contribution >= 4 is 20.2 Å². The second-order valence-corrected chi connectivity index (χ2v) is 11.0. The maximum Gasteiger partial charge on any atom is 0.297 e. The van der Waals surface area contributed by atoms with Crippen molar-refractivity contribution in [3.8, 4) is 0 Å². The summed E-state index contributed by atoms with van der Waals surface area (Å²) in [6, 6.07) is 11.4. The van der Waals surface area contributed by atoms with Crippen molar-refractivity contribution in [2.75, 3.05) is 6.61 Å². The second-order valence-electron chi connectivity index (χ2n) is 7.83. The van der Waals surface area contributed by atoms with Gasteiger partial charge in [-0.25, -0.2) is 0 Å². The first kappa shape index (κ1) is 24.5. The lowest BCUT2D eigenvalue weighted by atomic mass is 10.0. The monoisotopic (exact) mass is 515 g/mol. The summed E-state index contributed by atoms with van der Waals surface area (Å²) in [4.78, 5) is 15.5. The van der Waals surface area contributed by atoms with E-state index in [2.05, 4.69) is 4.84 Å². The molecule has 184 valence electrons. The maximum atomic E-state index is 12.9. The standard InChI is InChI=1S/C20H21NO11S2/c1-12-3-7-14(8-4-12)33(24,25)31-17-16-11-28-20(29-16)19(18(17)30-21(22)23)32-34(26,27)15-9-5-13(2)6-10-15/h3-10,16-20H,11H2,1-2H3/t16-,17-,18+,19-,20-/m1/s1. The van der Waals surface area contributed by atoms with Crippen molar-refractivity contribution in [3.05, 3.63) is 69.8 Å². The van der Waals surface area contributed by atoms with Crippen LogP contribution >= 0.6 is 0 Å². The summed E-state index contributed by atoms with van der Waals surface area (Å²) in [5.41, 5.74) is 1.60. The van der Waals surface area contributed by atoms with Crippen LogP contribution in [0.2, 0.25) is 0 Å². The molecule has 4 rings (SSSR count). The summed E-state index contributed by atoms with van der Waals surface area (Å²) >= 11 is 0. The number of ether oxygens (including phenoxy) is 2. The van der Waals surface area contributed by atoms with Gasteiger partial charge in [-0.3, -0.25) is 8.37 Å². The molecule has 5 atom stereocenters. The molecular weight excluding hydrogens is 494 g/mol. The average Bonchev–Trinajstić information content (AvgIpc) is 3.20. The number of aryl methyl sites for hydroxylation is 2. The van der Waals surface area contributed by atoms with Crippen LogP contribution in [0.25, 0.3) is 0 Å². The molecule has 2 fully saturated rings.